The average Bonchev–Trinajstić information content (AvgIpc) is 3.04. The van der Waals surface area contributed by atoms with Crippen LogP contribution in [0.25, 0.3) is 0 Å². The van der Waals surface area contributed by atoms with E-state index in [1.54, 1.807) is 12.1 Å². The number of anilines is 1. The van der Waals surface area contributed by atoms with E-state index in [1.165, 1.54) is 57.8 Å². The lowest BCUT2D eigenvalue weighted by Crippen LogP contribution is -2.15. The molecule has 0 fully saturated rings. The van der Waals surface area contributed by atoms with Crippen molar-refractivity contribution in [3.05, 3.63) is 29.8 Å². The summed E-state index contributed by atoms with van der Waals surface area (Å²) in [6, 6.07) is 7.33. The average molecular weight is 626 g/mol. The maximum atomic E-state index is 12.1. The number of nitrogens with one attached hydrogen (secondary N) is 1. The fraction of sp³-hybridized carbons (Fsp3) is 0.800. The Hall–Kier alpha value is -1.75. The van der Waals surface area contributed by atoms with E-state index < -0.39 is 0 Å². The monoisotopic (exact) mass is 625 g/mol. The maximum absolute atomic E-state index is 12.1. The Balaban J connectivity index is 1.72. The van der Waals surface area contributed by atoms with Gasteiger partial charge >= 0.3 is 5.97 Å². The first kappa shape index (κ1) is 40.3. The molecular formula is C35H63NO8. The summed E-state index contributed by atoms with van der Waals surface area (Å²) in [4.78, 5) is 12.1. The summed E-state index contributed by atoms with van der Waals surface area (Å²) in [5.41, 5.74) is 1.53. The van der Waals surface area contributed by atoms with Crippen LogP contribution in [-0.2, 0) is 33.2 Å². The molecule has 1 aromatic rings. The second-order valence-corrected chi connectivity index (χ2v) is 10.8. The van der Waals surface area contributed by atoms with Crippen molar-refractivity contribution >= 4 is 11.7 Å². The van der Waals surface area contributed by atoms with E-state index >= 15 is 0 Å². The summed E-state index contributed by atoms with van der Waals surface area (Å²) in [5.74, 6) is -0.349. The van der Waals surface area contributed by atoms with Crippen molar-refractivity contribution in [3.8, 4) is 0 Å². The van der Waals surface area contributed by atoms with Crippen molar-refractivity contribution < 1.29 is 38.0 Å². The lowest BCUT2D eigenvalue weighted by Gasteiger charge is -2.09. The first-order valence-electron chi connectivity index (χ1n) is 17.3. The van der Waals surface area contributed by atoms with Crippen LogP contribution in [-0.4, -0.2) is 98.4 Å². The highest BCUT2D eigenvalue weighted by Crippen LogP contribution is 2.11. The molecule has 0 saturated heterocycles. The zero-order valence-corrected chi connectivity index (χ0v) is 28.0. The molecule has 0 radical (unpaired) electrons. The van der Waals surface area contributed by atoms with Gasteiger partial charge in [-0.3, -0.25) is 0 Å². The molecule has 0 spiro atoms. The highest BCUT2D eigenvalue weighted by atomic mass is 16.6. The molecule has 9 nitrogen and oxygen atoms in total. The van der Waals surface area contributed by atoms with Crippen LogP contribution in [0.15, 0.2) is 24.3 Å². The fourth-order valence-electron chi connectivity index (χ4n) is 4.30. The van der Waals surface area contributed by atoms with Crippen LogP contribution in [0, 0.1) is 0 Å². The topological polar surface area (TPSA) is 93.7 Å². The minimum Gasteiger partial charge on any atom is -0.460 e. The second-order valence-electron chi connectivity index (χ2n) is 10.8. The largest absolute Gasteiger partial charge is 0.460 e. The molecule has 1 rings (SSSR count). The van der Waals surface area contributed by atoms with Crippen molar-refractivity contribution in [3.63, 3.8) is 0 Å². The molecule has 0 aliphatic heterocycles. The number of esters is 1. The van der Waals surface area contributed by atoms with Crippen molar-refractivity contribution in [2.24, 2.45) is 0 Å². The van der Waals surface area contributed by atoms with Gasteiger partial charge in [0.2, 0.25) is 0 Å². The lowest BCUT2D eigenvalue weighted by molar-refractivity contribution is -0.0194. The molecule has 1 N–H and O–H groups in total. The number of benzene rings is 1. The third-order valence-corrected chi connectivity index (χ3v) is 6.94. The summed E-state index contributed by atoms with van der Waals surface area (Å²) < 4.78 is 38.4. The summed E-state index contributed by atoms with van der Waals surface area (Å²) in [5, 5.41) is 3.32. The number of carbonyl (C=O) groups excluding carboxylic acids is 1. The molecule has 0 saturated carbocycles. The number of carbonyl (C=O) groups is 1. The van der Waals surface area contributed by atoms with Gasteiger partial charge in [-0.15, -0.1) is 0 Å². The zero-order valence-electron chi connectivity index (χ0n) is 28.0. The standard InChI is InChI=1S/C35H63NO8/c1-3-5-7-8-9-10-11-12-13-14-20-38-21-22-39-23-24-40-25-26-41-27-28-42-29-30-43-31-32-44-35(37)33-15-17-34(18-16-33)36-19-6-4-2/h15-18,36H,3-14,19-32H2,1-2H3. The number of hydrogen-bond acceptors (Lipinski definition) is 9. The summed E-state index contributed by atoms with van der Waals surface area (Å²) in [7, 11) is 0. The first-order chi connectivity index (χ1) is 21.8. The second kappa shape index (κ2) is 32.6. The van der Waals surface area contributed by atoms with Gasteiger partial charge in [-0.2, -0.15) is 0 Å². The summed E-state index contributed by atoms with van der Waals surface area (Å²) in [6.07, 6.45) is 15.7. The Bertz CT molecular complexity index is 734. The minimum absolute atomic E-state index is 0.205. The zero-order chi connectivity index (χ0) is 31.6. The Morgan fingerprint density at radius 1 is 0.477 bits per heavy atom. The molecule has 9 heteroatoms. The number of rotatable bonds is 34. The molecule has 0 aromatic heterocycles. The van der Waals surface area contributed by atoms with Crippen molar-refractivity contribution in [1.82, 2.24) is 0 Å². The first-order valence-corrected chi connectivity index (χ1v) is 17.3. The number of ether oxygens (including phenoxy) is 7. The highest BCUT2D eigenvalue weighted by Gasteiger charge is 2.06. The molecule has 44 heavy (non-hydrogen) atoms. The lowest BCUT2D eigenvalue weighted by atomic mass is 10.1. The Labute approximate surface area is 268 Å². The fourth-order valence-corrected chi connectivity index (χ4v) is 4.30. The molecule has 1 aromatic carbocycles. The van der Waals surface area contributed by atoms with E-state index in [0.717, 1.165) is 38.1 Å². The van der Waals surface area contributed by atoms with Crippen LogP contribution in [0.5, 0.6) is 0 Å². The van der Waals surface area contributed by atoms with Gasteiger partial charge < -0.3 is 38.5 Å². The van der Waals surface area contributed by atoms with E-state index in [9.17, 15) is 4.79 Å². The van der Waals surface area contributed by atoms with Gasteiger partial charge in [0.05, 0.1) is 78.2 Å². The third-order valence-electron chi connectivity index (χ3n) is 6.94. The van der Waals surface area contributed by atoms with Crippen molar-refractivity contribution in [2.45, 2.75) is 90.9 Å². The summed E-state index contributed by atoms with van der Waals surface area (Å²) >= 11 is 0. The van der Waals surface area contributed by atoms with Crippen molar-refractivity contribution in [1.29, 1.82) is 0 Å². The van der Waals surface area contributed by atoms with Crippen LogP contribution >= 0.6 is 0 Å². The van der Waals surface area contributed by atoms with E-state index in [2.05, 4.69) is 19.2 Å². The molecular weight excluding hydrogens is 562 g/mol. The number of hydrogen-bond donors (Lipinski definition) is 1. The van der Waals surface area contributed by atoms with Gasteiger partial charge in [0.25, 0.3) is 0 Å². The maximum Gasteiger partial charge on any atom is 0.338 e. The van der Waals surface area contributed by atoms with Gasteiger partial charge in [0.1, 0.15) is 6.61 Å². The van der Waals surface area contributed by atoms with Gasteiger partial charge in [0, 0.05) is 18.8 Å². The van der Waals surface area contributed by atoms with Crippen LogP contribution < -0.4 is 5.32 Å². The SMILES string of the molecule is CCCCCCCCCCCCOCCOCCOCCOCCOCCOCCOC(=O)c1ccc(NCCCC)cc1. The van der Waals surface area contributed by atoms with E-state index in [1.807, 2.05) is 12.1 Å². The highest BCUT2D eigenvalue weighted by molar-refractivity contribution is 5.89. The minimum atomic E-state index is -0.349. The van der Waals surface area contributed by atoms with E-state index in [0.29, 0.717) is 78.2 Å². The van der Waals surface area contributed by atoms with Crippen molar-refractivity contribution in [2.75, 3.05) is 97.8 Å². The van der Waals surface area contributed by atoms with Gasteiger partial charge in [-0.25, -0.2) is 4.79 Å². The predicted octanol–water partition coefficient (Wildman–Crippen LogP) is 7.08. The van der Waals surface area contributed by atoms with E-state index in [-0.39, 0.29) is 12.6 Å². The molecule has 256 valence electrons. The van der Waals surface area contributed by atoms with Gasteiger partial charge in [-0.05, 0) is 37.1 Å². The van der Waals surface area contributed by atoms with Crippen LogP contribution in [0.2, 0.25) is 0 Å². The molecule has 0 aliphatic carbocycles. The van der Waals surface area contributed by atoms with Gasteiger partial charge in [-0.1, -0.05) is 78.1 Å². The van der Waals surface area contributed by atoms with Crippen LogP contribution in [0.1, 0.15) is 101 Å². The quantitative estimate of drug-likeness (QED) is 0.0637. The molecule has 0 unspecified atom stereocenters. The normalized spacial score (nSPS) is 11.2. The number of unbranched alkanes of at least 4 members (excludes halogenated alkanes) is 10. The van der Waals surface area contributed by atoms with Crippen LogP contribution in [0.4, 0.5) is 5.69 Å². The Kier molecular flexibility index (Phi) is 29.9. The third kappa shape index (κ3) is 26.6. The molecule has 0 aliphatic rings. The molecule has 0 heterocycles. The summed E-state index contributed by atoms with van der Waals surface area (Å²) in [6.45, 7) is 12.0. The van der Waals surface area contributed by atoms with Crippen LogP contribution in [0.3, 0.4) is 0 Å². The predicted molar refractivity (Wildman–Crippen MR) is 177 cm³/mol. The van der Waals surface area contributed by atoms with Gasteiger partial charge in [0.15, 0.2) is 0 Å². The van der Waals surface area contributed by atoms with E-state index in [4.69, 9.17) is 33.2 Å². The molecule has 0 atom stereocenters. The Morgan fingerprint density at radius 3 is 1.32 bits per heavy atom. The smallest absolute Gasteiger partial charge is 0.338 e. The molecule has 0 bridgehead atoms. The molecule has 0 amide bonds. The Morgan fingerprint density at radius 2 is 0.864 bits per heavy atom.